The molecular weight excluding hydrogens is 746 g/mol. The quantitative estimate of drug-likeness (QED) is 0.0215. The average molecular weight is 843 g/mol. The van der Waals surface area contributed by atoms with E-state index in [1.165, 1.54) is 154 Å². The van der Waals surface area contributed by atoms with E-state index >= 15 is 0 Å². The second-order valence-corrected chi connectivity index (χ2v) is 19.3. The number of allylic oxidation sites excluding steroid dienone is 4. The van der Waals surface area contributed by atoms with Crippen LogP contribution in [0.4, 0.5) is 0 Å². The lowest BCUT2D eigenvalue weighted by Gasteiger charge is -2.24. The molecule has 2 unspecified atom stereocenters. The molecule has 58 heavy (non-hydrogen) atoms. The Bertz CT molecular complexity index is 983. The zero-order chi connectivity index (χ0) is 42.7. The SMILES string of the molecule is CCC/C=C\CCCCCCCC(=O)OC(COCCCCCCCCCCCCCCCC/C=C\CCCCCCCCCC)COP(=O)(O)OCC[N+](C)(C)C. The number of hydrogen-bond donors (Lipinski definition) is 1. The standard InChI is InChI=1S/C49H96NO7P/c1-6-8-10-12-14-16-18-19-20-21-22-23-24-25-26-27-28-29-30-31-32-33-35-37-39-41-44-54-46-48(47-56-58(52,53)55-45-43-50(3,4)5)57-49(51)42-40-38-36-34-17-15-13-11-9-7-2/h11,13,21-22,48H,6-10,12,14-20,23-47H2,1-5H3/p+1/b13-11-,22-21-. The van der Waals surface area contributed by atoms with Gasteiger partial charge in [0.1, 0.15) is 19.3 Å². The third-order valence-electron chi connectivity index (χ3n) is 10.7. The molecular formula is C49H97NO7P+. The molecule has 0 fully saturated rings. The number of phosphoric ester groups is 1. The van der Waals surface area contributed by atoms with Gasteiger partial charge in [0.15, 0.2) is 0 Å². The Morgan fingerprint density at radius 3 is 1.38 bits per heavy atom. The van der Waals surface area contributed by atoms with Gasteiger partial charge in [-0.2, -0.15) is 0 Å². The summed E-state index contributed by atoms with van der Waals surface area (Å²) in [5, 5.41) is 0. The fourth-order valence-electron chi connectivity index (χ4n) is 6.90. The minimum atomic E-state index is -4.27. The lowest BCUT2D eigenvalue weighted by Crippen LogP contribution is -2.37. The van der Waals surface area contributed by atoms with Crippen LogP contribution in [0.2, 0.25) is 0 Å². The van der Waals surface area contributed by atoms with Gasteiger partial charge in [0.05, 0.1) is 34.4 Å². The van der Waals surface area contributed by atoms with Crippen molar-refractivity contribution in [2.24, 2.45) is 0 Å². The van der Waals surface area contributed by atoms with Crippen LogP contribution in [0.3, 0.4) is 0 Å². The van der Waals surface area contributed by atoms with E-state index in [2.05, 4.69) is 38.2 Å². The van der Waals surface area contributed by atoms with Crippen molar-refractivity contribution in [1.82, 2.24) is 0 Å². The number of rotatable bonds is 46. The normalized spacial score (nSPS) is 13.8. The fourth-order valence-corrected chi connectivity index (χ4v) is 7.65. The summed E-state index contributed by atoms with van der Waals surface area (Å²) in [5.41, 5.74) is 0. The third kappa shape index (κ3) is 46.1. The van der Waals surface area contributed by atoms with E-state index in [0.717, 1.165) is 51.4 Å². The van der Waals surface area contributed by atoms with E-state index < -0.39 is 13.9 Å². The summed E-state index contributed by atoms with van der Waals surface area (Å²) in [6.07, 6.45) is 49.5. The summed E-state index contributed by atoms with van der Waals surface area (Å²) in [6.45, 7) is 5.58. The predicted molar refractivity (Wildman–Crippen MR) is 247 cm³/mol. The Balaban J connectivity index is 3.97. The summed E-state index contributed by atoms with van der Waals surface area (Å²) < 4.78 is 35.0. The van der Waals surface area contributed by atoms with Crippen LogP contribution in [0.5, 0.6) is 0 Å². The maximum Gasteiger partial charge on any atom is 0.472 e. The van der Waals surface area contributed by atoms with Crippen LogP contribution >= 0.6 is 7.82 Å². The van der Waals surface area contributed by atoms with Gasteiger partial charge in [-0.1, -0.05) is 186 Å². The minimum Gasteiger partial charge on any atom is -0.457 e. The topological polar surface area (TPSA) is 91.3 Å². The fraction of sp³-hybridized carbons (Fsp3) is 0.898. The first kappa shape index (κ1) is 57.0. The molecule has 2 atom stereocenters. The number of hydrogen-bond acceptors (Lipinski definition) is 6. The molecule has 0 rings (SSSR count). The van der Waals surface area contributed by atoms with Gasteiger partial charge in [-0.3, -0.25) is 13.8 Å². The molecule has 0 saturated heterocycles. The predicted octanol–water partition coefficient (Wildman–Crippen LogP) is 14.8. The molecule has 0 spiro atoms. The van der Waals surface area contributed by atoms with E-state index in [-0.39, 0.29) is 25.8 Å². The highest BCUT2D eigenvalue weighted by atomic mass is 31.2. The number of quaternary nitrogens is 1. The smallest absolute Gasteiger partial charge is 0.457 e. The maximum atomic E-state index is 12.6. The van der Waals surface area contributed by atoms with Crippen LogP contribution in [-0.4, -0.2) is 75.6 Å². The number of carbonyl (C=O) groups excluding carboxylic acids is 1. The molecule has 0 radical (unpaired) electrons. The number of carbonyl (C=O) groups is 1. The Labute approximate surface area is 360 Å². The summed E-state index contributed by atoms with van der Waals surface area (Å²) in [4.78, 5) is 22.8. The van der Waals surface area contributed by atoms with E-state index in [1.54, 1.807) is 0 Å². The zero-order valence-corrected chi connectivity index (χ0v) is 39.9. The monoisotopic (exact) mass is 843 g/mol. The van der Waals surface area contributed by atoms with E-state index in [1.807, 2.05) is 21.1 Å². The van der Waals surface area contributed by atoms with Gasteiger partial charge in [-0.05, 0) is 57.8 Å². The minimum absolute atomic E-state index is 0.0886. The highest BCUT2D eigenvalue weighted by molar-refractivity contribution is 7.47. The molecule has 1 N–H and O–H groups in total. The molecule has 344 valence electrons. The molecule has 8 nitrogen and oxygen atoms in total. The van der Waals surface area contributed by atoms with Gasteiger partial charge < -0.3 is 18.9 Å². The first-order valence-corrected chi connectivity index (χ1v) is 26.1. The van der Waals surface area contributed by atoms with Crippen molar-refractivity contribution in [3.8, 4) is 0 Å². The first-order chi connectivity index (χ1) is 28.1. The molecule has 9 heteroatoms. The van der Waals surface area contributed by atoms with Crippen molar-refractivity contribution in [2.45, 2.75) is 232 Å². The zero-order valence-electron chi connectivity index (χ0n) is 39.0. The van der Waals surface area contributed by atoms with Crippen LogP contribution in [-0.2, 0) is 27.9 Å². The van der Waals surface area contributed by atoms with Crippen LogP contribution in [0.25, 0.3) is 0 Å². The molecule has 0 aliphatic heterocycles. The van der Waals surface area contributed by atoms with E-state index in [4.69, 9.17) is 18.5 Å². The second-order valence-electron chi connectivity index (χ2n) is 17.8. The van der Waals surface area contributed by atoms with Crippen molar-refractivity contribution in [3.05, 3.63) is 24.3 Å². The molecule has 0 aliphatic rings. The molecule has 0 aromatic carbocycles. The molecule has 0 aromatic rings. The van der Waals surface area contributed by atoms with Crippen LogP contribution in [0.15, 0.2) is 24.3 Å². The van der Waals surface area contributed by atoms with Gasteiger partial charge in [0, 0.05) is 13.0 Å². The van der Waals surface area contributed by atoms with E-state index in [9.17, 15) is 14.3 Å². The van der Waals surface area contributed by atoms with Crippen LogP contribution < -0.4 is 0 Å². The number of esters is 1. The van der Waals surface area contributed by atoms with Crippen LogP contribution in [0.1, 0.15) is 226 Å². The summed E-state index contributed by atoms with van der Waals surface area (Å²) in [6, 6.07) is 0. The number of nitrogens with zero attached hydrogens (tertiary/aromatic N) is 1. The highest BCUT2D eigenvalue weighted by Gasteiger charge is 2.26. The van der Waals surface area contributed by atoms with Crippen molar-refractivity contribution in [2.75, 3.05) is 54.1 Å². The Morgan fingerprint density at radius 1 is 0.517 bits per heavy atom. The number of phosphoric acid groups is 1. The van der Waals surface area contributed by atoms with Gasteiger partial charge >= 0.3 is 13.8 Å². The number of ether oxygens (including phenoxy) is 2. The number of likely N-dealkylation sites (N-methyl/N-ethyl adjacent to an activating group) is 1. The molecule has 0 bridgehead atoms. The average Bonchev–Trinajstić information content (AvgIpc) is 3.18. The van der Waals surface area contributed by atoms with Crippen molar-refractivity contribution >= 4 is 13.8 Å². The highest BCUT2D eigenvalue weighted by Crippen LogP contribution is 2.43. The molecule has 0 aromatic heterocycles. The number of unbranched alkanes of at least 4 members (excludes halogenated alkanes) is 28. The third-order valence-corrected chi connectivity index (χ3v) is 11.7. The van der Waals surface area contributed by atoms with E-state index in [0.29, 0.717) is 24.1 Å². The second kappa shape index (κ2) is 42.7. The lowest BCUT2D eigenvalue weighted by molar-refractivity contribution is -0.870. The maximum absolute atomic E-state index is 12.6. The Morgan fingerprint density at radius 2 is 0.931 bits per heavy atom. The van der Waals surface area contributed by atoms with Gasteiger partial charge in [-0.15, -0.1) is 0 Å². The Hall–Kier alpha value is -1.02. The summed E-state index contributed by atoms with van der Waals surface area (Å²) >= 11 is 0. The van der Waals surface area contributed by atoms with Crippen molar-refractivity contribution in [3.63, 3.8) is 0 Å². The van der Waals surface area contributed by atoms with Crippen molar-refractivity contribution in [1.29, 1.82) is 0 Å². The molecule has 0 aliphatic carbocycles. The lowest BCUT2D eigenvalue weighted by atomic mass is 10.0. The summed E-state index contributed by atoms with van der Waals surface area (Å²) in [7, 11) is 1.67. The van der Waals surface area contributed by atoms with Crippen molar-refractivity contribution < 1.29 is 37.3 Å². The molecule has 0 heterocycles. The van der Waals surface area contributed by atoms with Gasteiger partial charge in [0.25, 0.3) is 0 Å². The largest absolute Gasteiger partial charge is 0.472 e. The Kier molecular flexibility index (Phi) is 41.9. The van der Waals surface area contributed by atoms with Crippen LogP contribution in [0, 0.1) is 0 Å². The first-order valence-electron chi connectivity index (χ1n) is 24.6. The molecule has 0 amide bonds. The summed E-state index contributed by atoms with van der Waals surface area (Å²) in [5.74, 6) is -0.323. The van der Waals surface area contributed by atoms with Gasteiger partial charge in [0.2, 0.25) is 0 Å². The van der Waals surface area contributed by atoms with Gasteiger partial charge in [-0.25, -0.2) is 4.57 Å². The molecule has 0 saturated carbocycles.